The van der Waals surface area contributed by atoms with E-state index in [0.29, 0.717) is 5.91 Å². The van der Waals surface area contributed by atoms with Gasteiger partial charge in [0.25, 0.3) is 0 Å². The highest BCUT2D eigenvalue weighted by molar-refractivity contribution is 6.06. The van der Waals surface area contributed by atoms with Gasteiger partial charge in [0, 0.05) is 11.4 Å². The molecule has 0 aliphatic carbocycles. The van der Waals surface area contributed by atoms with E-state index in [2.05, 4.69) is 59.6 Å². The predicted molar refractivity (Wildman–Crippen MR) is 94.7 cm³/mol. The number of nitrogens with zero attached hydrogens (tertiary/aromatic N) is 1. The molecular formula is C20H24N2O. The van der Waals surface area contributed by atoms with Crippen molar-refractivity contribution in [3.05, 3.63) is 42.5 Å². The van der Waals surface area contributed by atoms with E-state index in [4.69, 9.17) is 0 Å². The van der Waals surface area contributed by atoms with E-state index < -0.39 is 0 Å². The summed E-state index contributed by atoms with van der Waals surface area (Å²) in [4.78, 5) is 15.5. The number of benzene rings is 2. The van der Waals surface area contributed by atoms with Crippen molar-refractivity contribution in [1.82, 2.24) is 5.32 Å². The predicted octanol–water partition coefficient (Wildman–Crippen LogP) is 3.72. The van der Waals surface area contributed by atoms with Gasteiger partial charge in [0.05, 0.1) is 11.1 Å². The summed E-state index contributed by atoms with van der Waals surface area (Å²) in [5.41, 5.74) is 0.938. The molecule has 2 aromatic rings. The van der Waals surface area contributed by atoms with Gasteiger partial charge < -0.3 is 10.2 Å². The molecular weight excluding hydrogens is 284 g/mol. The number of piperidine rings is 2. The van der Waals surface area contributed by atoms with Gasteiger partial charge in [-0.05, 0) is 57.1 Å². The van der Waals surface area contributed by atoms with Gasteiger partial charge >= 0.3 is 0 Å². The Morgan fingerprint density at radius 2 is 1.78 bits per heavy atom. The zero-order valence-electron chi connectivity index (χ0n) is 13.7. The summed E-state index contributed by atoms with van der Waals surface area (Å²) >= 11 is 0. The lowest BCUT2D eigenvalue weighted by Crippen LogP contribution is -2.56. The number of nitrogens with one attached hydrogen (secondary N) is 1. The summed E-state index contributed by atoms with van der Waals surface area (Å²) < 4.78 is 0. The molecule has 2 aliphatic rings. The minimum Gasteiger partial charge on any atom is -0.317 e. The molecule has 2 saturated heterocycles. The van der Waals surface area contributed by atoms with E-state index >= 15 is 0 Å². The third-order valence-corrected chi connectivity index (χ3v) is 5.74. The molecule has 1 spiro atoms. The molecule has 3 nitrogen and oxygen atoms in total. The molecule has 0 radical (unpaired) electrons. The average Bonchev–Trinajstić information content (AvgIpc) is 2.60. The molecule has 1 N–H and O–H groups in total. The first-order chi connectivity index (χ1) is 11.2. The molecule has 2 aromatic carbocycles. The summed E-state index contributed by atoms with van der Waals surface area (Å²) in [5.74, 6) is 0.342. The normalized spacial score (nSPS) is 24.3. The smallest absolute Gasteiger partial charge is 0.233 e. The molecule has 3 heteroatoms. The molecule has 1 amide bonds. The third-order valence-electron chi connectivity index (χ3n) is 5.74. The van der Waals surface area contributed by atoms with Gasteiger partial charge in [-0.15, -0.1) is 0 Å². The second-order valence-corrected chi connectivity index (χ2v) is 7.09. The summed E-state index contributed by atoms with van der Waals surface area (Å²) in [7, 11) is 0. The van der Waals surface area contributed by atoms with E-state index in [0.717, 1.165) is 44.5 Å². The van der Waals surface area contributed by atoms with Crippen LogP contribution in [0.15, 0.2) is 42.5 Å². The molecule has 1 unspecified atom stereocenters. The van der Waals surface area contributed by atoms with Crippen LogP contribution < -0.4 is 10.2 Å². The first kappa shape index (κ1) is 14.7. The maximum Gasteiger partial charge on any atom is 0.233 e. The Hall–Kier alpha value is -1.87. The van der Waals surface area contributed by atoms with E-state index in [-0.39, 0.29) is 11.5 Å². The fraction of sp³-hybridized carbons (Fsp3) is 0.450. The Bertz CT molecular complexity index is 728. The van der Waals surface area contributed by atoms with Crippen molar-refractivity contribution in [2.75, 3.05) is 18.0 Å². The van der Waals surface area contributed by atoms with E-state index in [1.807, 2.05) is 0 Å². The van der Waals surface area contributed by atoms with E-state index in [1.165, 1.54) is 10.8 Å². The summed E-state index contributed by atoms with van der Waals surface area (Å²) in [6, 6.07) is 14.9. The van der Waals surface area contributed by atoms with Crippen molar-refractivity contribution in [2.45, 2.75) is 38.6 Å². The minimum atomic E-state index is -0.144. The summed E-state index contributed by atoms with van der Waals surface area (Å²) in [5, 5.41) is 5.79. The second kappa shape index (κ2) is 5.64. The van der Waals surface area contributed by atoms with Gasteiger partial charge in [0.15, 0.2) is 0 Å². The lowest BCUT2D eigenvalue weighted by molar-refractivity contribution is -0.133. The number of carbonyl (C=O) groups is 1. The van der Waals surface area contributed by atoms with Gasteiger partial charge in [0.2, 0.25) is 5.91 Å². The van der Waals surface area contributed by atoms with E-state index in [9.17, 15) is 4.79 Å². The average molecular weight is 308 g/mol. The number of amides is 1. The summed E-state index contributed by atoms with van der Waals surface area (Å²) in [6.07, 6.45) is 4.07. The Balaban J connectivity index is 1.80. The highest BCUT2D eigenvalue weighted by Gasteiger charge is 2.47. The SMILES string of the molecule is CC1CCC2(CCNCC2)C(=O)N1c1cccc2ccccc12. The van der Waals surface area contributed by atoms with Gasteiger partial charge in [0.1, 0.15) is 0 Å². The zero-order valence-corrected chi connectivity index (χ0v) is 13.7. The molecule has 0 saturated carbocycles. The Morgan fingerprint density at radius 1 is 1.04 bits per heavy atom. The molecule has 2 fully saturated rings. The molecule has 2 heterocycles. The number of carbonyl (C=O) groups excluding carboxylic acids is 1. The molecule has 0 aromatic heterocycles. The van der Waals surface area contributed by atoms with Gasteiger partial charge in [-0.25, -0.2) is 0 Å². The zero-order chi connectivity index (χ0) is 15.9. The van der Waals surface area contributed by atoms with Crippen molar-refractivity contribution in [3.63, 3.8) is 0 Å². The molecule has 23 heavy (non-hydrogen) atoms. The van der Waals surface area contributed by atoms with Gasteiger partial charge in [-0.2, -0.15) is 0 Å². The van der Waals surface area contributed by atoms with Crippen LogP contribution in [0.1, 0.15) is 32.6 Å². The number of hydrogen-bond acceptors (Lipinski definition) is 2. The lowest BCUT2D eigenvalue weighted by Gasteiger charge is -2.47. The standard InChI is InChI=1S/C20H24N2O/c1-15-9-10-20(11-13-21-14-12-20)19(23)22(15)18-8-4-6-16-5-2-3-7-17(16)18/h2-8,15,21H,9-14H2,1H3. The maximum absolute atomic E-state index is 13.5. The van der Waals surface area contributed by atoms with Crippen LogP contribution in [0.25, 0.3) is 10.8 Å². The number of hydrogen-bond donors (Lipinski definition) is 1. The van der Waals surface area contributed by atoms with Crippen molar-refractivity contribution in [3.8, 4) is 0 Å². The number of rotatable bonds is 1. The largest absolute Gasteiger partial charge is 0.317 e. The van der Waals surface area contributed by atoms with E-state index in [1.54, 1.807) is 0 Å². The van der Waals surface area contributed by atoms with Crippen LogP contribution in [0, 0.1) is 5.41 Å². The minimum absolute atomic E-state index is 0.144. The molecule has 0 bridgehead atoms. The van der Waals surface area contributed by atoms with Crippen molar-refractivity contribution in [1.29, 1.82) is 0 Å². The summed E-state index contributed by atoms with van der Waals surface area (Å²) in [6.45, 7) is 4.11. The van der Waals surface area contributed by atoms with Gasteiger partial charge in [-0.1, -0.05) is 36.4 Å². The quantitative estimate of drug-likeness (QED) is 0.870. The molecule has 2 aliphatic heterocycles. The van der Waals surface area contributed by atoms with Crippen LogP contribution in [-0.4, -0.2) is 25.0 Å². The number of fused-ring (bicyclic) bond motifs is 1. The third kappa shape index (κ3) is 2.34. The Labute approximate surface area is 137 Å². The highest BCUT2D eigenvalue weighted by Crippen LogP contribution is 2.44. The highest BCUT2D eigenvalue weighted by atomic mass is 16.2. The topological polar surface area (TPSA) is 32.3 Å². The van der Waals surface area contributed by atoms with Crippen LogP contribution in [0.3, 0.4) is 0 Å². The lowest BCUT2D eigenvalue weighted by atomic mass is 9.70. The number of anilines is 1. The van der Waals surface area contributed by atoms with Gasteiger partial charge in [-0.3, -0.25) is 4.79 Å². The van der Waals surface area contributed by atoms with Crippen molar-refractivity contribution in [2.24, 2.45) is 5.41 Å². The Morgan fingerprint density at radius 3 is 2.61 bits per heavy atom. The first-order valence-corrected chi connectivity index (χ1v) is 8.73. The van der Waals surface area contributed by atoms with Crippen LogP contribution in [0.4, 0.5) is 5.69 Å². The monoisotopic (exact) mass is 308 g/mol. The Kier molecular flexibility index (Phi) is 3.61. The van der Waals surface area contributed by atoms with Crippen LogP contribution in [0.5, 0.6) is 0 Å². The van der Waals surface area contributed by atoms with Crippen LogP contribution >= 0.6 is 0 Å². The molecule has 1 atom stereocenters. The fourth-order valence-electron chi connectivity index (χ4n) is 4.31. The molecule has 120 valence electrons. The molecule has 4 rings (SSSR count). The van der Waals surface area contributed by atoms with Crippen LogP contribution in [0.2, 0.25) is 0 Å². The van der Waals surface area contributed by atoms with Crippen molar-refractivity contribution >= 4 is 22.4 Å². The fourth-order valence-corrected chi connectivity index (χ4v) is 4.31. The van der Waals surface area contributed by atoms with Crippen LogP contribution in [-0.2, 0) is 4.79 Å². The van der Waals surface area contributed by atoms with Crippen molar-refractivity contribution < 1.29 is 4.79 Å². The second-order valence-electron chi connectivity index (χ2n) is 7.09. The first-order valence-electron chi connectivity index (χ1n) is 8.73. The maximum atomic E-state index is 13.5.